The molecule has 8 heteroatoms. The molecule has 5 nitrogen and oxygen atoms in total. The second-order valence-electron chi connectivity index (χ2n) is 5.16. The van der Waals surface area contributed by atoms with Gasteiger partial charge in [0.15, 0.2) is 5.82 Å². The summed E-state index contributed by atoms with van der Waals surface area (Å²) in [6.07, 6.45) is -3.79. The molecule has 0 saturated heterocycles. The quantitative estimate of drug-likeness (QED) is 0.881. The van der Waals surface area contributed by atoms with Gasteiger partial charge in [-0.3, -0.25) is 4.79 Å². The molecule has 0 radical (unpaired) electrons. The van der Waals surface area contributed by atoms with Crippen LogP contribution in [-0.2, 0) is 24.0 Å². The molecule has 0 aliphatic heterocycles. The number of aryl methyl sites for hydroxylation is 1. The van der Waals surface area contributed by atoms with E-state index in [9.17, 15) is 23.1 Å². The number of alkyl halides is 3. The third kappa shape index (κ3) is 3.70. The summed E-state index contributed by atoms with van der Waals surface area (Å²) in [7, 11) is 1.32. The van der Waals surface area contributed by atoms with Gasteiger partial charge in [-0.05, 0) is 5.56 Å². The van der Waals surface area contributed by atoms with Crippen molar-refractivity contribution >= 4 is 5.91 Å². The number of hydrogen-bond acceptors (Lipinski definition) is 3. The molecular formula is C15H16F3N3O2. The van der Waals surface area contributed by atoms with Crippen LogP contribution >= 0.6 is 0 Å². The van der Waals surface area contributed by atoms with Crippen LogP contribution in [0.3, 0.4) is 0 Å². The van der Waals surface area contributed by atoms with Gasteiger partial charge >= 0.3 is 6.18 Å². The van der Waals surface area contributed by atoms with E-state index in [1.807, 2.05) is 0 Å². The second-order valence-corrected chi connectivity index (χ2v) is 5.16. The number of nitrogens with one attached hydrogen (secondary N) is 1. The van der Waals surface area contributed by atoms with E-state index in [2.05, 4.69) is 10.3 Å². The highest BCUT2D eigenvalue weighted by Crippen LogP contribution is 2.40. The van der Waals surface area contributed by atoms with Crippen LogP contribution in [0.25, 0.3) is 0 Å². The van der Waals surface area contributed by atoms with Gasteiger partial charge in [-0.2, -0.15) is 13.2 Å². The first kappa shape index (κ1) is 17.0. The Morgan fingerprint density at radius 2 is 1.96 bits per heavy atom. The number of rotatable bonds is 5. The van der Waals surface area contributed by atoms with Crippen molar-refractivity contribution in [3.63, 3.8) is 0 Å². The molecule has 2 aromatic rings. The Morgan fingerprint density at radius 3 is 2.48 bits per heavy atom. The number of halogens is 3. The van der Waals surface area contributed by atoms with E-state index < -0.39 is 29.9 Å². The summed E-state index contributed by atoms with van der Waals surface area (Å²) in [5, 5.41) is 12.5. The third-order valence-corrected chi connectivity index (χ3v) is 3.41. The van der Waals surface area contributed by atoms with Crippen molar-refractivity contribution in [1.82, 2.24) is 14.9 Å². The van der Waals surface area contributed by atoms with Gasteiger partial charge in [-0.1, -0.05) is 30.3 Å². The summed E-state index contributed by atoms with van der Waals surface area (Å²) in [4.78, 5) is 15.4. The number of nitrogens with zero attached hydrogens (tertiary/aromatic N) is 2. The molecule has 0 bridgehead atoms. The first-order valence-electron chi connectivity index (χ1n) is 6.81. The minimum absolute atomic E-state index is 0.0776. The molecule has 1 amide bonds. The van der Waals surface area contributed by atoms with Crippen LogP contribution in [0.2, 0.25) is 0 Å². The predicted molar refractivity (Wildman–Crippen MR) is 76.1 cm³/mol. The van der Waals surface area contributed by atoms with Crippen LogP contribution in [0.15, 0.2) is 42.7 Å². The highest BCUT2D eigenvalue weighted by atomic mass is 19.4. The molecule has 124 valence electrons. The van der Waals surface area contributed by atoms with Crippen molar-refractivity contribution in [2.24, 2.45) is 7.05 Å². The maximum Gasteiger partial charge on any atom is 0.425 e. The zero-order valence-electron chi connectivity index (χ0n) is 12.3. The number of amides is 1. The van der Waals surface area contributed by atoms with Crippen molar-refractivity contribution in [2.75, 3.05) is 0 Å². The molecule has 1 heterocycles. The molecule has 0 spiro atoms. The third-order valence-electron chi connectivity index (χ3n) is 3.41. The van der Waals surface area contributed by atoms with E-state index in [0.29, 0.717) is 0 Å². The first-order chi connectivity index (χ1) is 10.7. The number of aromatic nitrogens is 2. The molecular weight excluding hydrogens is 311 g/mol. The average Bonchev–Trinajstić information content (AvgIpc) is 2.91. The topological polar surface area (TPSA) is 67.1 Å². The number of benzene rings is 1. The number of imidazole rings is 1. The maximum atomic E-state index is 13.3. The highest BCUT2D eigenvalue weighted by molar-refractivity contribution is 5.77. The minimum Gasteiger partial charge on any atom is -0.374 e. The van der Waals surface area contributed by atoms with Gasteiger partial charge in [0.25, 0.3) is 0 Å². The summed E-state index contributed by atoms with van der Waals surface area (Å²) in [5.74, 6) is -1.54. The molecule has 1 aromatic heterocycles. The van der Waals surface area contributed by atoms with Gasteiger partial charge in [-0.15, -0.1) is 0 Å². The van der Waals surface area contributed by atoms with Gasteiger partial charge in [0.05, 0.1) is 6.42 Å². The number of aliphatic hydroxyl groups is 1. The molecule has 1 atom stereocenters. The second kappa shape index (κ2) is 6.41. The van der Waals surface area contributed by atoms with E-state index in [-0.39, 0.29) is 6.54 Å². The first-order valence-corrected chi connectivity index (χ1v) is 6.81. The molecule has 2 rings (SSSR count). The minimum atomic E-state index is -5.03. The fraction of sp³-hybridized carbons (Fsp3) is 0.333. The summed E-state index contributed by atoms with van der Waals surface area (Å²) in [6, 6.07) is 8.75. The molecule has 23 heavy (non-hydrogen) atoms. The van der Waals surface area contributed by atoms with Crippen LogP contribution in [0, 0.1) is 0 Å². The van der Waals surface area contributed by atoms with Crippen LogP contribution in [0.4, 0.5) is 13.2 Å². The Balaban J connectivity index is 2.13. The van der Waals surface area contributed by atoms with Crippen molar-refractivity contribution in [3.8, 4) is 0 Å². The van der Waals surface area contributed by atoms with Gasteiger partial charge < -0.3 is 15.0 Å². The van der Waals surface area contributed by atoms with Gasteiger partial charge in [0, 0.05) is 26.0 Å². The Morgan fingerprint density at radius 1 is 1.30 bits per heavy atom. The smallest absolute Gasteiger partial charge is 0.374 e. The van der Waals surface area contributed by atoms with Crippen molar-refractivity contribution in [1.29, 1.82) is 0 Å². The lowest BCUT2D eigenvalue weighted by Crippen LogP contribution is -2.47. The SMILES string of the molecule is Cn1ccnc1C(O)(CC(=O)NCc1ccccc1)C(F)(F)F. The van der Waals surface area contributed by atoms with Crippen LogP contribution < -0.4 is 5.32 Å². The number of carbonyl (C=O) groups is 1. The fourth-order valence-electron chi connectivity index (χ4n) is 2.16. The Labute approximate surface area is 130 Å². The normalized spacial score (nSPS) is 14.3. The zero-order chi connectivity index (χ0) is 17.1. The van der Waals surface area contributed by atoms with E-state index in [0.717, 1.165) is 16.3 Å². The standard InChI is InChI=1S/C15H16F3N3O2/c1-21-8-7-19-13(21)14(23,15(16,17)18)9-12(22)20-10-11-5-3-2-4-6-11/h2-8,23H,9-10H2,1H3,(H,20,22). The lowest BCUT2D eigenvalue weighted by molar-refractivity contribution is -0.271. The molecule has 0 aliphatic carbocycles. The van der Waals surface area contributed by atoms with Gasteiger partial charge in [0.1, 0.15) is 0 Å². The molecule has 1 aromatic carbocycles. The monoisotopic (exact) mass is 327 g/mol. The number of carbonyl (C=O) groups excluding carboxylic acids is 1. The van der Waals surface area contributed by atoms with Crippen LogP contribution in [-0.4, -0.2) is 26.7 Å². The fourth-order valence-corrected chi connectivity index (χ4v) is 2.16. The predicted octanol–water partition coefficient (Wildman–Crippen LogP) is 1.88. The zero-order valence-corrected chi connectivity index (χ0v) is 12.3. The largest absolute Gasteiger partial charge is 0.425 e. The molecule has 0 fully saturated rings. The van der Waals surface area contributed by atoms with Crippen molar-refractivity contribution < 1.29 is 23.1 Å². The van der Waals surface area contributed by atoms with Gasteiger partial charge in [0.2, 0.25) is 11.5 Å². The average molecular weight is 327 g/mol. The van der Waals surface area contributed by atoms with E-state index >= 15 is 0 Å². The molecule has 2 N–H and O–H groups in total. The van der Waals surface area contributed by atoms with Gasteiger partial charge in [-0.25, -0.2) is 4.98 Å². The summed E-state index contributed by atoms with van der Waals surface area (Å²) >= 11 is 0. The Hall–Kier alpha value is -2.35. The molecule has 0 saturated carbocycles. The van der Waals surface area contributed by atoms with E-state index in [1.54, 1.807) is 30.3 Å². The van der Waals surface area contributed by atoms with Crippen molar-refractivity contribution in [2.45, 2.75) is 24.7 Å². The van der Waals surface area contributed by atoms with Crippen LogP contribution in [0.1, 0.15) is 17.8 Å². The lowest BCUT2D eigenvalue weighted by atomic mass is 9.97. The Kier molecular flexibility index (Phi) is 4.74. The van der Waals surface area contributed by atoms with Crippen LogP contribution in [0.5, 0.6) is 0 Å². The Bertz CT molecular complexity index is 670. The molecule has 1 unspecified atom stereocenters. The van der Waals surface area contributed by atoms with E-state index in [1.165, 1.54) is 13.2 Å². The molecule has 0 aliphatic rings. The summed E-state index contributed by atoms with van der Waals surface area (Å²) < 4.78 is 40.9. The summed E-state index contributed by atoms with van der Waals surface area (Å²) in [6.45, 7) is 0.0776. The lowest BCUT2D eigenvalue weighted by Gasteiger charge is -2.29. The number of hydrogen-bond donors (Lipinski definition) is 2. The van der Waals surface area contributed by atoms with Crippen molar-refractivity contribution in [3.05, 3.63) is 54.1 Å². The maximum absolute atomic E-state index is 13.3. The van der Waals surface area contributed by atoms with E-state index in [4.69, 9.17) is 0 Å². The highest BCUT2D eigenvalue weighted by Gasteiger charge is 2.58. The summed E-state index contributed by atoms with van der Waals surface area (Å²) in [5.41, 5.74) is -2.60.